The van der Waals surface area contributed by atoms with Gasteiger partial charge in [0, 0.05) is 12.2 Å². The molecule has 19 heavy (non-hydrogen) atoms. The minimum atomic E-state index is -2.96. The molecule has 3 rings (SSSR count). The van der Waals surface area contributed by atoms with Gasteiger partial charge in [-0.05, 0) is 31.3 Å². The zero-order valence-electron chi connectivity index (χ0n) is 10.7. The van der Waals surface area contributed by atoms with Crippen molar-refractivity contribution >= 4 is 32.9 Å². The number of rotatable bonds is 2. The summed E-state index contributed by atoms with van der Waals surface area (Å²) in [5, 5.41) is 0.749. The Bertz CT molecular complexity index is 600. The number of fused-ring (bicyclic) bond motifs is 1. The van der Waals surface area contributed by atoms with Crippen molar-refractivity contribution in [1.82, 2.24) is 4.90 Å². The molecule has 0 N–H and O–H groups in total. The van der Waals surface area contributed by atoms with Crippen LogP contribution in [0, 0.1) is 0 Å². The van der Waals surface area contributed by atoms with E-state index < -0.39 is 9.84 Å². The summed E-state index contributed by atoms with van der Waals surface area (Å²) in [5.74, 6) is 0.415. The van der Waals surface area contributed by atoms with Crippen LogP contribution in [0.1, 0.15) is 6.92 Å². The molecule has 0 unspecified atom stereocenters. The molecule has 0 amide bonds. The number of para-hydroxylation sites is 1. The summed E-state index contributed by atoms with van der Waals surface area (Å²) in [5.41, 5.74) is 0.982. The number of anilines is 1. The molecule has 2 aliphatic heterocycles. The zero-order chi connectivity index (χ0) is 13.6. The SMILES string of the molecule is CCN1C(=S)N(c2ccccc2)[C@H]2CS(=O)(=O)C[C@H]21. The number of hydrogen-bond donors (Lipinski definition) is 0. The molecule has 0 spiro atoms. The van der Waals surface area contributed by atoms with Gasteiger partial charge in [0.1, 0.15) is 0 Å². The first-order valence-electron chi connectivity index (χ1n) is 6.39. The molecule has 0 bridgehead atoms. The molecular formula is C13H16N2O2S2. The van der Waals surface area contributed by atoms with Gasteiger partial charge in [0.25, 0.3) is 0 Å². The van der Waals surface area contributed by atoms with E-state index in [-0.39, 0.29) is 23.6 Å². The molecule has 102 valence electrons. The number of likely N-dealkylation sites (N-methyl/N-ethyl adjacent to an activating group) is 1. The summed E-state index contributed by atoms with van der Waals surface area (Å²) in [6, 6.07) is 9.77. The van der Waals surface area contributed by atoms with E-state index >= 15 is 0 Å². The van der Waals surface area contributed by atoms with Crippen LogP contribution in [0.5, 0.6) is 0 Å². The number of thiocarbonyl (C=S) groups is 1. The van der Waals surface area contributed by atoms with Crippen molar-refractivity contribution in [2.24, 2.45) is 0 Å². The van der Waals surface area contributed by atoms with Gasteiger partial charge in [-0.25, -0.2) is 8.42 Å². The topological polar surface area (TPSA) is 40.6 Å². The van der Waals surface area contributed by atoms with E-state index in [2.05, 4.69) is 0 Å². The monoisotopic (exact) mass is 296 g/mol. The Morgan fingerprint density at radius 1 is 1.21 bits per heavy atom. The molecule has 0 saturated carbocycles. The largest absolute Gasteiger partial charge is 0.343 e. The van der Waals surface area contributed by atoms with Crippen LogP contribution in [0.4, 0.5) is 5.69 Å². The molecule has 1 aromatic rings. The Labute approximate surface area is 118 Å². The van der Waals surface area contributed by atoms with Crippen molar-refractivity contribution in [1.29, 1.82) is 0 Å². The summed E-state index contributed by atoms with van der Waals surface area (Å²) in [4.78, 5) is 4.05. The molecule has 0 aliphatic carbocycles. The summed E-state index contributed by atoms with van der Waals surface area (Å²) < 4.78 is 23.8. The summed E-state index contributed by atoms with van der Waals surface area (Å²) in [7, 11) is -2.96. The molecule has 2 aliphatic rings. The fraction of sp³-hybridized carbons (Fsp3) is 0.462. The van der Waals surface area contributed by atoms with Gasteiger partial charge in [-0.3, -0.25) is 0 Å². The number of nitrogens with zero attached hydrogens (tertiary/aromatic N) is 2. The smallest absolute Gasteiger partial charge is 0.176 e. The van der Waals surface area contributed by atoms with Crippen LogP contribution in [0.15, 0.2) is 30.3 Å². The Kier molecular flexibility index (Phi) is 3.02. The van der Waals surface area contributed by atoms with E-state index in [0.717, 1.165) is 17.3 Å². The van der Waals surface area contributed by atoms with Gasteiger partial charge in [0.05, 0.1) is 23.6 Å². The molecule has 2 atom stereocenters. The van der Waals surface area contributed by atoms with Crippen LogP contribution in [-0.4, -0.2) is 48.6 Å². The fourth-order valence-corrected chi connectivity index (χ4v) is 5.49. The lowest BCUT2D eigenvalue weighted by Crippen LogP contribution is -2.37. The number of benzene rings is 1. The zero-order valence-corrected chi connectivity index (χ0v) is 12.3. The maximum atomic E-state index is 11.9. The molecule has 4 nitrogen and oxygen atoms in total. The molecule has 0 aromatic heterocycles. The Hall–Kier alpha value is -1.14. The number of sulfone groups is 1. The first-order valence-corrected chi connectivity index (χ1v) is 8.62. The average Bonchev–Trinajstić information content (AvgIpc) is 2.79. The van der Waals surface area contributed by atoms with Crippen molar-refractivity contribution < 1.29 is 8.42 Å². The lowest BCUT2D eigenvalue weighted by molar-refractivity contribution is 0.373. The average molecular weight is 296 g/mol. The van der Waals surface area contributed by atoms with Gasteiger partial charge in [0.15, 0.2) is 14.9 Å². The van der Waals surface area contributed by atoms with Gasteiger partial charge in [-0.2, -0.15) is 0 Å². The van der Waals surface area contributed by atoms with Crippen LogP contribution >= 0.6 is 12.2 Å². The highest BCUT2D eigenvalue weighted by atomic mass is 32.2. The molecule has 6 heteroatoms. The Balaban J connectivity index is 2.03. The molecule has 2 heterocycles. The lowest BCUT2D eigenvalue weighted by Gasteiger charge is -2.24. The highest BCUT2D eigenvalue weighted by Crippen LogP contribution is 2.34. The first-order chi connectivity index (χ1) is 9.03. The van der Waals surface area contributed by atoms with Crippen molar-refractivity contribution in [3.63, 3.8) is 0 Å². The summed E-state index contributed by atoms with van der Waals surface area (Å²) >= 11 is 5.53. The summed E-state index contributed by atoms with van der Waals surface area (Å²) in [6.07, 6.45) is 0. The van der Waals surface area contributed by atoms with E-state index in [1.54, 1.807) is 0 Å². The van der Waals surface area contributed by atoms with Crippen LogP contribution in [0.2, 0.25) is 0 Å². The van der Waals surface area contributed by atoms with Gasteiger partial charge >= 0.3 is 0 Å². The molecule has 2 fully saturated rings. The van der Waals surface area contributed by atoms with Crippen LogP contribution in [-0.2, 0) is 9.84 Å². The fourth-order valence-electron chi connectivity index (χ4n) is 3.04. The van der Waals surface area contributed by atoms with E-state index in [4.69, 9.17) is 12.2 Å². The molecular weight excluding hydrogens is 280 g/mol. The van der Waals surface area contributed by atoms with Crippen molar-refractivity contribution in [2.75, 3.05) is 23.0 Å². The third-order valence-corrected chi connectivity index (χ3v) is 5.98. The third-order valence-electron chi connectivity index (χ3n) is 3.85. The van der Waals surface area contributed by atoms with Crippen LogP contribution in [0.25, 0.3) is 0 Å². The Morgan fingerprint density at radius 2 is 1.84 bits per heavy atom. The molecule has 1 aromatic carbocycles. The second kappa shape index (κ2) is 4.45. The second-order valence-electron chi connectivity index (χ2n) is 4.99. The maximum Gasteiger partial charge on any atom is 0.176 e. The quantitative estimate of drug-likeness (QED) is 0.769. The standard InChI is InChI=1S/C13H16N2O2S2/c1-2-14-11-8-19(16,17)9-12(11)15(13(14)18)10-6-4-3-5-7-10/h3-7,11-12H,2,8-9H2,1H3/t11-,12+/m1/s1. The van der Waals surface area contributed by atoms with Crippen molar-refractivity contribution in [3.8, 4) is 0 Å². The van der Waals surface area contributed by atoms with Crippen LogP contribution < -0.4 is 4.90 Å². The first kappa shape index (κ1) is 12.9. The lowest BCUT2D eigenvalue weighted by atomic mass is 10.1. The molecule has 2 saturated heterocycles. The van der Waals surface area contributed by atoms with E-state index in [1.807, 2.05) is 47.1 Å². The number of hydrogen-bond acceptors (Lipinski definition) is 3. The minimum Gasteiger partial charge on any atom is -0.343 e. The highest BCUT2D eigenvalue weighted by Gasteiger charge is 2.51. The predicted octanol–water partition coefficient (Wildman–Crippen LogP) is 1.28. The van der Waals surface area contributed by atoms with Crippen LogP contribution in [0.3, 0.4) is 0 Å². The third kappa shape index (κ3) is 2.03. The predicted molar refractivity (Wildman–Crippen MR) is 80.1 cm³/mol. The van der Waals surface area contributed by atoms with Gasteiger partial charge in [0.2, 0.25) is 0 Å². The van der Waals surface area contributed by atoms with Crippen molar-refractivity contribution in [3.05, 3.63) is 30.3 Å². The van der Waals surface area contributed by atoms with Gasteiger partial charge in [-0.1, -0.05) is 18.2 Å². The Morgan fingerprint density at radius 3 is 2.47 bits per heavy atom. The highest BCUT2D eigenvalue weighted by molar-refractivity contribution is 7.91. The van der Waals surface area contributed by atoms with Gasteiger partial charge < -0.3 is 9.80 Å². The van der Waals surface area contributed by atoms with Crippen molar-refractivity contribution in [2.45, 2.75) is 19.0 Å². The van der Waals surface area contributed by atoms with E-state index in [0.29, 0.717) is 0 Å². The second-order valence-corrected chi connectivity index (χ2v) is 7.50. The maximum absolute atomic E-state index is 11.9. The van der Waals surface area contributed by atoms with Gasteiger partial charge in [-0.15, -0.1) is 0 Å². The minimum absolute atomic E-state index is 0.00251. The normalized spacial score (nSPS) is 28.8. The summed E-state index contributed by atoms with van der Waals surface area (Å²) in [6.45, 7) is 2.77. The molecule has 0 radical (unpaired) electrons. The van der Waals surface area contributed by atoms with E-state index in [1.165, 1.54) is 0 Å². The van der Waals surface area contributed by atoms with E-state index in [9.17, 15) is 8.42 Å².